The summed E-state index contributed by atoms with van der Waals surface area (Å²) >= 11 is 3.65. The molecule has 0 bridgehead atoms. The van der Waals surface area contributed by atoms with Crippen molar-refractivity contribution in [3.63, 3.8) is 0 Å². The topological polar surface area (TPSA) is 24.9 Å². The average molecular weight is 264 g/mol. The summed E-state index contributed by atoms with van der Waals surface area (Å²) in [6, 6.07) is 2.82. The lowest BCUT2D eigenvalue weighted by Crippen LogP contribution is -2.23. The lowest BCUT2D eigenvalue weighted by molar-refractivity contribution is 0.462. The van der Waals surface area contributed by atoms with Crippen LogP contribution in [-0.2, 0) is 13.0 Å². The predicted molar refractivity (Wildman–Crippen MR) is 73.7 cm³/mol. The Balaban J connectivity index is 1.67. The Morgan fingerprint density at radius 3 is 3.24 bits per heavy atom. The van der Waals surface area contributed by atoms with Gasteiger partial charge in [-0.2, -0.15) is 0 Å². The lowest BCUT2D eigenvalue weighted by atomic mass is 9.94. The predicted octanol–water partition coefficient (Wildman–Crippen LogP) is 3.68. The van der Waals surface area contributed by atoms with Crippen LogP contribution in [0.3, 0.4) is 0 Å². The molecule has 0 fully saturated rings. The van der Waals surface area contributed by atoms with Crippen LogP contribution in [0.15, 0.2) is 16.8 Å². The van der Waals surface area contributed by atoms with Crippen molar-refractivity contribution in [2.24, 2.45) is 0 Å². The molecule has 1 unspecified atom stereocenters. The third-order valence-electron chi connectivity index (χ3n) is 3.22. The van der Waals surface area contributed by atoms with Crippen LogP contribution in [0.25, 0.3) is 0 Å². The van der Waals surface area contributed by atoms with Gasteiger partial charge in [0.25, 0.3) is 0 Å². The highest BCUT2D eigenvalue weighted by molar-refractivity contribution is 7.10. The molecule has 2 aromatic rings. The van der Waals surface area contributed by atoms with Gasteiger partial charge in [0.05, 0.1) is 0 Å². The summed E-state index contributed by atoms with van der Waals surface area (Å²) in [4.78, 5) is 6.07. The van der Waals surface area contributed by atoms with Crippen molar-refractivity contribution in [3.8, 4) is 0 Å². The van der Waals surface area contributed by atoms with Gasteiger partial charge in [0, 0.05) is 28.5 Å². The second-order valence-corrected chi connectivity index (χ2v) is 6.45. The molecule has 17 heavy (non-hydrogen) atoms. The fraction of sp³-hybridized carbons (Fsp3) is 0.462. The van der Waals surface area contributed by atoms with E-state index in [2.05, 4.69) is 34.1 Å². The summed E-state index contributed by atoms with van der Waals surface area (Å²) in [5.41, 5.74) is 2.65. The number of nitrogens with zero attached hydrogens (tertiary/aromatic N) is 1. The molecule has 0 saturated heterocycles. The number of thiazole rings is 1. The molecule has 2 aromatic heterocycles. The van der Waals surface area contributed by atoms with E-state index < -0.39 is 0 Å². The van der Waals surface area contributed by atoms with Crippen LogP contribution < -0.4 is 5.32 Å². The minimum atomic E-state index is 0.536. The van der Waals surface area contributed by atoms with Crippen LogP contribution in [0.2, 0.25) is 0 Å². The molecule has 3 rings (SSSR count). The zero-order chi connectivity index (χ0) is 11.7. The molecule has 0 amide bonds. The molecule has 0 saturated carbocycles. The Labute approximate surface area is 110 Å². The Hall–Kier alpha value is -0.710. The molecule has 0 spiro atoms. The Bertz CT molecular complexity index is 501. The van der Waals surface area contributed by atoms with Crippen molar-refractivity contribution in [1.29, 1.82) is 0 Å². The highest BCUT2D eigenvalue weighted by atomic mass is 32.1. The number of hydrogen-bond acceptors (Lipinski definition) is 4. The molecule has 0 aromatic carbocycles. The van der Waals surface area contributed by atoms with Crippen molar-refractivity contribution in [1.82, 2.24) is 10.3 Å². The maximum absolute atomic E-state index is 4.50. The zero-order valence-corrected chi connectivity index (χ0v) is 11.5. The van der Waals surface area contributed by atoms with Gasteiger partial charge < -0.3 is 5.32 Å². The molecule has 2 nitrogen and oxygen atoms in total. The van der Waals surface area contributed by atoms with Gasteiger partial charge in [-0.15, -0.1) is 22.7 Å². The molecule has 2 heterocycles. The first kappa shape index (κ1) is 11.4. The number of thiophene rings is 1. The van der Waals surface area contributed by atoms with Crippen LogP contribution in [0, 0.1) is 6.92 Å². The van der Waals surface area contributed by atoms with Gasteiger partial charge in [0.2, 0.25) is 0 Å². The van der Waals surface area contributed by atoms with E-state index in [-0.39, 0.29) is 0 Å². The molecule has 4 heteroatoms. The van der Waals surface area contributed by atoms with Gasteiger partial charge in [-0.1, -0.05) is 0 Å². The van der Waals surface area contributed by atoms with Crippen LogP contribution in [-0.4, -0.2) is 4.98 Å². The molecule has 1 aliphatic rings. The quantitative estimate of drug-likeness (QED) is 0.914. The number of nitrogens with one attached hydrogen (secondary N) is 1. The monoisotopic (exact) mass is 264 g/mol. The van der Waals surface area contributed by atoms with Crippen LogP contribution in [0.1, 0.15) is 40.0 Å². The van der Waals surface area contributed by atoms with E-state index >= 15 is 0 Å². The van der Waals surface area contributed by atoms with E-state index in [1.54, 1.807) is 16.2 Å². The summed E-state index contributed by atoms with van der Waals surface area (Å²) in [6.45, 7) is 2.95. The van der Waals surface area contributed by atoms with Gasteiger partial charge in [0.15, 0.2) is 0 Å². The first-order valence-electron chi connectivity index (χ1n) is 6.03. The minimum absolute atomic E-state index is 0.536. The highest BCUT2D eigenvalue weighted by Crippen LogP contribution is 2.33. The number of hydrogen-bond donors (Lipinski definition) is 1. The maximum Gasteiger partial charge on any atom is 0.107 e. The number of aryl methyl sites for hydroxylation is 2. The van der Waals surface area contributed by atoms with E-state index in [1.807, 2.05) is 11.3 Å². The molecule has 90 valence electrons. The summed E-state index contributed by atoms with van der Waals surface area (Å²) in [6.07, 6.45) is 3.83. The fourth-order valence-corrected chi connectivity index (χ4v) is 4.10. The summed E-state index contributed by atoms with van der Waals surface area (Å²) < 4.78 is 0. The summed E-state index contributed by atoms with van der Waals surface area (Å²) in [5, 5.41) is 9.19. The van der Waals surface area contributed by atoms with Crippen molar-refractivity contribution in [2.75, 3.05) is 0 Å². The SMILES string of the molecule is Cc1csc(CNC2CCCc3sccc32)n1. The van der Waals surface area contributed by atoms with E-state index in [4.69, 9.17) is 0 Å². The van der Waals surface area contributed by atoms with E-state index in [1.165, 1.54) is 29.8 Å². The van der Waals surface area contributed by atoms with Gasteiger partial charge in [-0.05, 0) is 43.2 Å². The molecular weight excluding hydrogens is 248 g/mol. The Kier molecular flexibility index (Phi) is 3.27. The largest absolute Gasteiger partial charge is 0.304 e. The van der Waals surface area contributed by atoms with Crippen molar-refractivity contribution in [3.05, 3.63) is 38.0 Å². The molecular formula is C13H16N2S2. The first-order valence-corrected chi connectivity index (χ1v) is 7.79. The number of aromatic nitrogens is 1. The molecule has 0 aliphatic heterocycles. The van der Waals surface area contributed by atoms with Gasteiger partial charge >= 0.3 is 0 Å². The second kappa shape index (κ2) is 4.88. The third kappa shape index (κ3) is 2.44. The molecule has 0 radical (unpaired) electrons. The van der Waals surface area contributed by atoms with Crippen molar-refractivity contribution < 1.29 is 0 Å². The first-order chi connectivity index (χ1) is 8.33. The average Bonchev–Trinajstić information content (AvgIpc) is 2.94. The Morgan fingerprint density at radius 1 is 1.47 bits per heavy atom. The van der Waals surface area contributed by atoms with Crippen LogP contribution >= 0.6 is 22.7 Å². The highest BCUT2D eigenvalue weighted by Gasteiger charge is 2.20. The second-order valence-electron chi connectivity index (χ2n) is 4.51. The molecule has 1 atom stereocenters. The van der Waals surface area contributed by atoms with Crippen molar-refractivity contribution in [2.45, 2.75) is 38.8 Å². The minimum Gasteiger partial charge on any atom is -0.304 e. The smallest absolute Gasteiger partial charge is 0.107 e. The summed E-state index contributed by atoms with van der Waals surface area (Å²) in [5.74, 6) is 0. The number of rotatable bonds is 3. The Morgan fingerprint density at radius 2 is 2.41 bits per heavy atom. The number of fused-ring (bicyclic) bond motifs is 1. The van der Waals surface area contributed by atoms with E-state index in [9.17, 15) is 0 Å². The maximum atomic E-state index is 4.50. The third-order valence-corrected chi connectivity index (χ3v) is 5.18. The van der Waals surface area contributed by atoms with Crippen LogP contribution in [0.5, 0.6) is 0 Å². The zero-order valence-electron chi connectivity index (χ0n) is 9.90. The van der Waals surface area contributed by atoms with Crippen LogP contribution in [0.4, 0.5) is 0 Å². The molecule has 1 N–H and O–H groups in total. The van der Waals surface area contributed by atoms with Gasteiger partial charge in [0.1, 0.15) is 5.01 Å². The van der Waals surface area contributed by atoms with Crippen molar-refractivity contribution >= 4 is 22.7 Å². The summed E-state index contributed by atoms with van der Waals surface area (Å²) in [7, 11) is 0. The molecule has 1 aliphatic carbocycles. The fourth-order valence-electron chi connectivity index (χ4n) is 2.39. The van der Waals surface area contributed by atoms with E-state index in [0.717, 1.165) is 12.2 Å². The van der Waals surface area contributed by atoms with Gasteiger partial charge in [-0.3, -0.25) is 0 Å². The van der Waals surface area contributed by atoms with E-state index in [0.29, 0.717) is 6.04 Å². The van der Waals surface area contributed by atoms with Gasteiger partial charge in [-0.25, -0.2) is 4.98 Å². The lowest BCUT2D eigenvalue weighted by Gasteiger charge is -2.23. The normalized spacial score (nSPS) is 19.2. The standard InChI is InChI=1S/C13H16N2S2/c1-9-8-17-13(15-9)7-14-11-3-2-4-12-10(11)5-6-16-12/h5-6,8,11,14H,2-4,7H2,1H3.